The van der Waals surface area contributed by atoms with Gasteiger partial charge in [-0.3, -0.25) is 0 Å². The van der Waals surface area contributed by atoms with Crippen LogP contribution in [0.4, 0.5) is 11.5 Å². The molecular formula is C15H20N4. The SMILES string of the molecule is Cc1cc(C)cc(N(C)Cc2nc(C)cc(N)n2)c1. The van der Waals surface area contributed by atoms with Crippen molar-refractivity contribution in [2.45, 2.75) is 27.3 Å². The van der Waals surface area contributed by atoms with Crippen molar-refractivity contribution in [3.63, 3.8) is 0 Å². The van der Waals surface area contributed by atoms with Crippen molar-refractivity contribution in [3.05, 3.63) is 46.9 Å². The summed E-state index contributed by atoms with van der Waals surface area (Å²) in [6.45, 7) is 6.78. The van der Waals surface area contributed by atoms with Gasteiger partial charge in [-0.15, -0.1) is 0 Å². The van der Waals surface area contributed by atoms with Gasteiger partial charge in [0.2, 0.25) is 0 Å². The third kappa shape index (κ3) is 3.44. The first-order valence-corrected chi connectivity index (χ1v) is 6.33. The van der Waals surface area contributed by atoms with Crippen LogP contribution in [0.25, 0.3) is 0 Å². The van der Waals surface area contributed by atoms with Crippen LogP contribution < -0.4 is 10.6 Å². The molecule has 100 valence electrons. The molecule has 19 heavy (non-hydrogen) atoms. The normalized spacial score (nSPS) is 10.5. The van der Waals surface area contributed by atoms with Gasteiger partial charge in [0, 0.05) is 24.5 Å². The van der Waals surface area contributed by atoms with E-state index in [1.807, 2.05) is 14.0 Å². The number of aromatic nitrogens is 2. The molecule has 0 aliphatic carbocycles. The summed E-state index contributed by atoms with van der Waals surface area (Å²) in [5.74, 6) is 1.27. The van der Waals surface area contributed by atoms with E-state index in [0.29, 0.717) is 12.4 Å². The van der Waals surface area contributed by atoms with Crippen molar-refractivity contribution in [3.8, 4) is 0 Å². The van der Waals surface area contributed by atoms with Crippen LogP contribution in [-0.4, -0.2) is 17.0 Å². The molecule has 0 saturated heterocycles. The molecule has 0 spiro atoms. The van der Waals surface area contributed by atoms with Gasteiger partial charge in [0.15, 0.2) is 0 Å². The van der Waals surface area contributed by atoms with Crippen molar-refractivity contribution >= 4 is 11.5 Å². The zero-order valence-corrected chi connectivity index (χ0v) is 11.9. The van der Waals surface area contributed by atoms with Crippen LogP contribution in [0.1, 0.15) is 22.6 Å². The lowest BCUT2D eigenvalue weighted by Gasteiger charge is -2.20. The molecule has 0 aliphatic rings. The van der Waals surface area contributed by atoms with Crippen molar-refractivity contribution in [1.29, 1.82) is 0 Å². The summed E-state index contributed by atoms with van der Waals surface area (Å²) in [5.41, 5.74) is 10.3. The van der Waals surface area contributed by atoms with Crippen molar-refractivity contribution in [2.24, 2.45) is 0 Å². The maximum Gasteiger partial charge on any atom is 0.150 e. The Hall–Kier alpha value is -2.10. The molecule has 0 amide bonds. The Morgan fingerprint density at radius 3 is 2.21 bits per heavy atom. The summed E-state index contributed by atoms with van der Waals surface area (Å²) in [4.78, 5) is 10.8. The van der Waals surface area contributed by atoms with Crippen LogP contribution >= 0.6 is 0 Å². The molecule has 0 atom stereocenters. The zero-order valence-electron chi connectivity index (χ0n) is 11.9. The number of nitrogens with two attached hydrogens (primary N) is 1. The minimum absolute atomic E-state index is 0.524. The average Bonchev–Trinajstić information content (AvgIpc) is 2.25. The molecule has 0 saturated carbocycles. The molecule has 2 aromatic rings. The topological polar surface area (TPSA) is 55.0 Å². The lowest BCUT2D eigenvalue weighted by Crippen LogP contribution is -2.19. The van der Waals surface area contributed by atoms with E-state index in [-0.39, 0.29) is 0 Å². The first-order chi connectivity index (χ1) is 8.94. The van der Waals surface area contributed by atoms with Crippen LogP contribution in [0.3, 0.4) is 0 Å². The Morgan fingerprint density at radius 1 is 1.00 bits per heavy atom. The number of nitrogens with zero attached hydrogens (tertiary/aromatic N) is 3. The monoisotopic (exact) mass is 256 g/mol. The molecule has 0 aliphatic heterocycles. The van der Waals surface area contributed by atoms with Crippen LogP contribution in [0.2, 0.25) is 0 Å². The standard InChI is InChI=1S/C15H20N4/c1-10-5-11(2)7-13(6-10)19(4)9-15-17-12(3)8-14(16)18-15/h5-8H,9H2,1-4H3,(H2,16,17,18). The van der Waals surface area contributed by atoms with E-state index in [9.17, 15) is 0 Å². The highest BCUT2D eigenvalue weighted by molar-refractivity contribution is 5.50. The zero-order chi connectivity index (χ0) is 14.0. The van der Waals surface area contributed by atoms with Crippen molar-refractivity contribution < 1.29 is 0 Å². The highest BCUT2D eigenvalue weighted by Crippen LogP contribution is 2.19. The Kier molecular flexibility index (Phi) is 3.69. The molecule has 2 rings (SSSR count). The number of aryl methyl sites for hydroxylation is 3. The number of nitrogen functional groups attached to an aromatic ring is 1. The van der Waals surface area contributed by atoms with E-state index in [1.54, 1.807) is 6.07 Å². The fraction of sp³-hybridized carbons (Fsp3) is 0.333. The quantitative estimate of drug-likeness (QED) is 0.917. The summed E-state index contributed by atoms with van der Waals surface area (Å²) in [6, 6.07) is 8.26. The summed E-state index contributed by atoms with van der Waals surface area (Å²) in [6.07, 6.45) is 0. The summed E-state index contributed by atoms with van der Waals surface area (Å²) >= 11 is 0. The number of hydrogen-bond acceptors (Lipinski definition) is 4. The van der Waals surface area contributed by atoms with E-state index >= 15 is 0 Å². The molecule has 1 aromatic heterocycles. The minimum atomic E-state index is 0.524. The second-order valence-corrected chi connectivity index (χ2v) is 5.05. The number of benzene rings is 1. The second kappa shape index (κ2) is 5.26. The molecule has 0 unspecified atom stereocenters. The second-order valence-electron chi connectivity index (χ2n) is 5.05. The maximum atomic E-state index is 5.75. The molecule has 0 fully saturated rings. The van der Waals surface area contributed by atoms with Gasteiger partial charge in [-0.2, -0.15) is 0 Å². The third-order valence-corrected chi connectivity index (χ3v) is 2.95. The fourth-order valence-electron chi connectivity index (χ4n) is 2.20. The summed E-state index contributed by atoms with van der Waals surface area (Å²) in [7, 11) is 2.04. The van der Waals surface area contributed by atoms with Gasteiger partial charge in [0.25, 0.3) is 0 Å². The molecule has 0 radical (unpaired) electrons. The molecule has 2 N–H and O–H groups in total. The van der Waals surface area contributed by atoms with Gasteiger partial charge in [-0.1, -0.05) is 6.07 Å². The van der Waals surface area contributed by atoms with Crippen LogP contribution in [0, 0.1) is 20.8 Å². The third-order valence-electron chi connectivity index (χ3n) is 2.95. The van der Waals surface area contributed by atoms with E-state index in [1.165, 1.54) is 16.8 Å². The predicted octanol–water partition coefficient (Wildman–Crippen LogP) is 2.62. The molecule has 0 bridgehead atoms. The lowest BCUT2D eigenvalue weighted by molar-refractivity contribution is 0.830. The predicted molar refractivity (Wildman–Crippen MR) is 79.2 cm³/mol. The van der Waals surface area contributed by atoms with Crippen molar-refractivity contribution in [1.82, 2.24) is 9.97 Å². The minimum Gasteiger partial charge on any atom is -0.384 e. The summed E-state index contributed by atoms with van der Waals surface area (Å²) in [5, 5.41) is 0. The van der Waals surface area contributed by atoms with E-state index in [0.717, 1.165) is 11.5 Å². The van der Waals surface area contributed by atoms with Gasteiger partial charge >= 0.3 is 0 Å². The van der Waals surface area contributed by atoms with Gasteiger partial charge in [-0.25, -0.2) is 9.97 Å². The number of hydrogen-bond donors (Lipinski definition) is 1. The van der Waals surface area contributed by atoms with Crippen molar-refractivity contribution in [2.75, 3.05) is 17.7 Å². The first kappa shape index (κ1) is 13.3. The number of rotatable bonds is 3. The van der Waals surface area contributed by atoms with Gasteiger partial charge < -0.3 is 10.6 Å². The van der Waals surface area contributed by atoms with Crippen LogP contribution in [0.15, 0.2) is 24.3 Å². The maximum absolute atomic E-state index is 5.75. The molecule has 1 aromatic carbocycles. The summed E-state index contributed by atoms with van der Waals surface area (Å²) < 4.78 is 0. The van der Waals surface area contributed by atoms with E-state index < -0.39 is 0 Å². The van der Waals surface area contributed by atoms with Gasteiger partial charge in [0.05, 0.1) is 6.54 Å². The highest BCUT2D eigenvalue weighted by Gasteiger charge is 2.07. The van der Waals surface area contributed by atoms with E-state index in [4.69, 9.17) is 5.73 Å². The molecular weight excluding hydrogens is 236 g/mol. The largest absolute Gasteiger partial charge is 0.384 e. The Bertz CT molecular complexity index is 552. The van der Waals surface area contributed by atoms with Crippen LogP contribution in [0.5, 0.6) is 0 Å². The Labute approximate surface area is 114 Å². The molecule has 1 heterocycles. The van der Waals surface area contributed by atoms with E-state index in [2.05, 4.69) is 46.9 Å². The van der Waals surface area contributed by atoms with Crippen LogP contribution in [-0.2, 0) is 6.54 Å². The fourth-order valence-corrected chi connectivity index (χ4v) is 2.20. The average molecular weight is 256 g/mol. The van der Waals surface area contributed by atoms with Gasteiger partial charge in [-0.05, 0) is 44.0 Å². The molecule has 4 heteroatoms. The molecule has 4 nitrogen and oxygen atoms in total. The first-order valence-electron chi connectivity index (χ1n) is 6.33. The lowest BCUT2D eigenvalue weighted by atomic mass is 10.1. The Morgan fingerprint density at radius 2 is 1.63 bits per heavy atom. The smallest absolute Gasteiger partial charge is 0.150 e. The van der Waals surface area contributed by atoms with Gasteiger partial charge in [0.1, 0.15) is 11.6 Å². The number of anilines is 2. The highest BCUT2D eigenvalue weighted by atomic mass is 15.1. The Balaban J connectivity index is 2.22.